The molecule has 0 amide bonds. The summed E-state index contributed by atoms with van der Waals surface area (Å²) in [7, 11) is 1.21. The summed E-state index contributed by atoms with van der Waals surface area (Å²) in [5.41, 5.74) is 0.455. The van der Waals surface area contributed by atoms with Gasteiger partial charge in [-0.15, -0.1) is 0 Å². The molecular formula is C11H15F2NO4. The normalized spacial score (nSPS) is 11.2. The molecule has 0 aromatic carbocycles. The van der Waals surface area contributed by atoms with Crippen molar-refractivity contribution in [3.8, 4) is 0 Å². The summed E-state index contributed by atoms with van der Waals surface area (Å²) < 4.78 is 34.1. The van der Waals surface area contributed by atoms with Gasteiger partial charge in [0.15, 0.2) is 0 Å². The zero-order chi connectivity index (χ0) is 13.5. The SMILES string of the molecule is COC(=O)c1occc1CN(CCO)CC(F)F. The molecule has 0 saturated heterocycles. The predicted molar refractivity (Wildman–Crippen MR) is 58.4 cm³/mol. The van der Waals surface area contributed by atoms with Gasteiger partial charge >= 0.3 is 5.97 Å². The van der Waals surface area contributed by atoms with Crippen LogP contribution in [0.5, 0.6) is 0 Å². The highest BCUT2D eigenvalue weighted by molar-refractivity contribution is 5.87. The molecule has 1 aromatic rings. The highest BCUT2D eigenvalue weighted by Gasteiger charge is 2.19. The van der Waals surface area contributed by atoms with Crippen LogP contribution in [0.15, 0.2) is 16.7 Å². The molecule has 0 aliphatic rings. The molecule has 0 saturated carbocycles. The number of alkyl halides is 2. The Morgan fingerprint density at radius 3 is 2.89 bits per heavy atom. The van der Waals surface area contributed by atoms with Crippen LogP contribution in [0.3, 0.4) is 0 Å². The second-order valence-corrected chi connectivity index (χ2v) is 3.62. The number of halogens is 2. The van der Waals surface area contributed by atoms with Crippen LogP contribution in [-0.2, 0) is 11.3 Å². The van der Waals surface area contributed by atoms with Crippen LogP contribution >= 0.6 is 0 Å². The van der Waals surface area contributed by atoms with Gasteiger partial charge in [-0.1, -0.05) is 0 Å². The molecule has 1 rings (SSSR count). The lowest BCUT2D eigenvalue weighted by atomic mass is 10.2. The Hall–Kier alpha value is -1.47. The average Bonchev–Trinajstić information content (AvgIpc) is 2.75. The van der Waals surface area contributed by atoms with Crippen LogP contribution in [0.4, 0.5) is 8.78 Å². The highest BCUT2D eigenvalue weighted by Crippen LogP contribution is 2.15. The van der Waals surface area contributed by atoms with Crippen molar-refractivity contribution >= 4 is 5.97 Å². The Morgan fingerprint density at radius 1 is 1.61 bits per heavy atom. The van der Waals surface area contributed by atoms with Gasteiger partial charge in [-0.25, -0.2) is 13.6 Å². The van der Waals surface area contributed by atoms with Crippen molar-refractivity contribution in [2.75, 3.05) is 26.8 Å². The van der Waals surface area contributed by atoms with Gasteiger partial charge in [-0.3, -0.25) is 4.90 Å². The molecule has 7 heteroatoms. The Kier molecular flexibility index (Phi) is 5.73. The molecule has 0 fully saturated rings. The number of hydrogen-bond acceptors (Lipinski definition) is 5. The fraction of sp³-hybridized carbons (Fsp3) is 0.545. The van der Waals surface area contributed by atoms with Gasteiger partial charge in [-0.05, 0) is 6.07 Å². The zero-order valence-electron chi connectivity index (χ0n) is 9.94. The molecule has 0 aliphatic heterocycles. The van der Waals surface area contributed by atoms with E-state index in [9.17, 15) is 13.6 Å². The van der Waals surface area contributed by atoms with E-state index in [2.05, 4.69) is 4.74 Å². The maximum Gasteiger partial charge on any atom is 0.374 e. The largest absolute Gasteiger partial charge is 0.463 e. The minimum Gasteiger partial charge on any atom is -0.463 e. The van der Waals surface area contributed by atoms with Crippen molar-refractivity contribution in [1.29, 1.82) is 0 Å². The third-order valence-corrected chi connectivity index (χ3v) is 2.32. The van der Waals surface area contributed by atoms with E-state index in [0.29, 0.717) is 5.56 Å². The average molecular weight is 263 g/mol. The van der Waals surface area contributed by atoms with Gasteiger partial charge in [0.05, 0.1) is 26.5 Å². The molecule has 5 nitrogen and oxygen atoms in total. The summed E-state index contributed by atoms with van der Waals surface area (Å²) in [4.78, 5) is 12.7. The van der Waals surface area contributed by atoms with Crippen molar-refractivity contribution in [2.45, 2.75) is 13.0 Å². The molecule has 1 aromatic heterocycles. The summed E-state index contributed by atoms with van der Waals surface area (Å²) in [6, 6.07) is 1.52. The molecule has 1 N–H and O–H groups in total. The summed E-state index contributed by atoms with van der Waals surface area (Å²) in [5.74, 6) is -0.661. The predicted octanol–water partition coefficient (Wildman–Crippen LogP) is 1.13. The van der Waals surface area contributed by atoms with Gasteiger partial charge in [0.1, 0.15) is 0 Å². The number of furan rings is 1. The van der Waals surface area contributed by atoms with E-state index in [1.54, 1.807) is 0 Å². The minimum absolute atomic E-state index is 0.00490. The van der Waals surface area contributed by atoms with E-state index in [0.717, 1.165) is 0 Å². The Morgan fingerprint density at radius 2 is 2.33 bits per heavy atom. The summed E-state index contributed by atoms with van der Waals surface area (Å²) in [5, 5.41) is 8.80. The first-order valence-electron chi connectivity index (χ1n) is 5.34. The van der Waals surface area contributed by atoms with Gasteiger partial charge in [0.2, 0.25) is 5.76 Å². The molecule has 102 valence electrons. The number of nitrogens with zero attached hydrogens (tertiary/aromatic N) is 1. The molecule has 0 radical (unpaired) electrons. The number of hydrogen-bond donors (Lipinski definition) is 1. The lowest BCUT2D eigenvalue weighted by Crippen LogP contribution is -2.31. The standard InChI is InChI=1S/C11H15F2NO4/c1-17-11(16)10-8(2-5-18-10)6-14(3-4-15)7-9(12)13/h2,5,9,15H,3-4,6-7H2,1H3. The van der Waals surface area contributed by atoms with Crippen LogP contribution in [0, 0.1) is 0 Å². The maximum absolute atomic E-state index is 12.3. The molecule has 0 aliphatic carbocycles. The first-order chi connectivity index (χ1) is 8.58. The highest BCUT2D eigenvalue weighted by atomic mass is 19.3. The third kappa shape index (κ3) is 4.08. The number of carbonyl (C=O) groups excluding carboxylic acids is 1. The van der Waals surface area contributed by atoms with Crippen molar-refractivity contribution in [1.82, 2.24) is 4.90 Å². The molecular weight excluding hydrogens is 248 g/mol. The fourth-order valence-corrected chi connectivity index (χ4v) is 1.54. The number of ether oxygens (including phenoxy) is 1. The summed E-state index contributed by atoms with van der Waals surface area (Å²) in [6.45, 7) is -0.535. The molecule has 0 bridgehead atoms. The van der Waals surface area contributed by atoms with E-state index in [1.165, 1.54) is 24.3 Å². The van der Waals surface area contributed by atoms with Crippen LogP contribution in [0.2, 0.25) is 0 Å². The van der Waals surface area contributed by atoms with Crippen LogP contribution < -0.4 is 0 Å². The number of aliphatic hydroxyl groups excluding tert-OH is 1. The second kappa shape index (κ2) is 7.07. The molecule has 0 spiro atoms. The van der Waals surface area contributed by atoms with E-state index in [1.807, 2.05) is 0 Å². The van der Waals surface area contributed by atoms with E-state index < -0.39 is 18.9 Å². The van der Waals surface area contributed by atoms with Gasteiger partial charge in [0.25, 0.3) is 6.43 Å². The first-order valence-corrected chi connectivity index (χ1v) is 5.34. The molecule has 0 atom stereocenters. The lowest BCUT2D eigenvalue weighted by molar-refractivity contribution is 0.0557. The summed E-state index contributed by atoms with van der Waals surface area (Å²) in [6.07, 6.45) is -1.22. The lowest BCUT2D eigenvalue weighted by Gasteiger charge is -2.20. The first kappa shape index (κ1) is 14.6. The molecule has 1 heterocycles. The second-order valence-electron chi connectivity index (χ2n) is 3.62. The van der Waals surface area contributed by atoms with E-state index in [-0.39, 0.29) is 25.5 Å². The Labute approximate surface area is 103 Å². The Balaban J connectivity index is 2.74. The third-order valence-electron chi connectivity index (χ3n) is 2.32. The monoisotopic (exact) mass is 263 g/mol. The van der Waals surface area contributed by atoms with E-state index in [4.69, 9.17) is 9.52 Å². The van der Waals surface area contributed by atoms with E-state index >= 15 is 0 Å². The zero-order valence-corrected chi connectivity index (χ0v) is 9.94. The van der Waals surface area contributed by atoms with Crippen LogP contribution in [0.1, 0.15) is 16.1 Å². The van der Waals surface area contributed by atoms with Gasteiger partial charge < -0.3 is 14.3 Å². The number of rotatable bonds is 7. The van der Waals surface area contributed by atoms with Gasteiger partial charge in [0, 0.05) is 18.7 Å². The van der Waals surface area contributed by atoms with Crippen molar-refractivity contribution < 1.29 is 27.8 Å². The molecule has 18 heavy (non-hydrogen) atoms. The van der Waals surface area contributed by atoms with Gasteiger partial charge in [-0.2, -0.15) is 0 Å². The number of carbonyl (C=O) groups is 1. The van der Waals surface area contributed by atoms with Crippen molar-refractivity contribution in [3.05, 3.63) is 23.7 Å². The van der Waals surface area contributed by atoms with Crippen molar-refractivity contribution in [3.63, 3.8) is 0 Å². The summed E-state index contributed by atoms with van der Waals surface area (Å²) >= 11 is 0. The molecule has 0 unspecified atom stereocenters. The quantitative estimate of drug-likeness (QED) is 0.747. The number of methoxy groups -OCH3 is 1. The fourth-order valence-electron chi connectivity index (χ4n) is 1.54. The van der Waals surface area contributed by atoms with Crippen molar-refractivity contribution in [2.24, 2.45) is 0 Å². The number of aliphatic hydroxyl groups is 1. The Bertz CT molecular complexity index is 381. The minimum atomic E-state index is -2.51. The maximum atomic E-state index is 12.3. The number of esters is 1. The topological polar surface area (TPSA) is 62.9 Å². The smallest absolute Gasteiger partial charge is 0.374 e. The van der Waals surface area contributed by atoms with Crippen LogP contribution in [-0.4, -0.2) is 49.2 Å². The van der Waals surface area contributed by atoms with Crippen LogP contribution in [0.25, 0.3) is 0 Å².